The number of imidazole rings is 1. The third-order valence-corrected chi connectivity index (χ3v) is 7.12. The van der Waals surface area contributed by atoms with Gasteiger partial charge in [-0.25, -0.2) is 9.97 Å². The molecule has 1 aromatic carbocycles. The van der Waals surface area contributed by atoms with Crippen molar-refractivity contribution in [1.82, 2.24) is 19.3 Å². The number of fused-ring (bicyclic) bond motifs is 2. The number of amides is 1. The van der Waals surface area contributed by atoms with E-state index in [0.29, 0.717) is 39.4 Å². The lowest BCUT2D eigenvalue weighted by atomic mass is 10.3. The van der Waals surface area contributed by atoms with E-state index < -0.39 is 0 Å². The van der Waals surface area contributed by atoms with Gasteiger partial charge in [-0.3, -0.25) is 14.1 Å². The maximum Gasteiger partial charge on any atom is 0.279 e. The van der Waals surface area contributed by atoms with Crippen molar-refractivity contribution in [1.29, 1.82) is 0 Å². The van der Waals surface area contributed by atoms with Gasteiger partial charge >= 0.3 is 0 Å². The zero-order chi connectivity index (χ0) is 22.8. The van der Waals surface area contributed by atoms with E-state index in [1.54, 1.807) is 24.1 Å². The number of pyridine rings is 1. The van der Waals surface area contributed by atoms with Crippen LogP contribution < -0.4 is 9.64 Å². The number of hydrogen-bond acceptors (Lipinski definition) is 6. The summed E-state index contributed by atoms with van der Waals surface area (Å²) < 4.78 is 8.12. The van der Waals surface area contributed by atoms with Crippen molar-refractivity contribution in [2.75, 3.05) is 38.2 Å². The number of carbonyl (C=O) groups is 1. The lowest BCUT2D eigenvalue weighted by molar-refractivity contribution is 0.0977. The van der Waals surface area contributed by atoms with Crippen LogP contribution >= 0.6 is 22.9 Å². The first-order chi connectivity index (χ1) is 15.5. The van der Waals surface area contributed by atoms with Gasteiger partial charge in [0.2, 0.25) is 0 Å². The van der Waals surface area contributed by atoms with Crippen molar-refractivity contribution in [3.8, 4) is 5.75 Å². The number of methoxy groups -OCH3 is 1. The van der Waals surface area contributed by atoms with E-state index in [2.05, 4.69) is 23.7 Å². The Hall–Kier alpha value is -2.68. The molecule has 3 aromatic heterocycles. The highest BCUT2D eigenvalue weighted by Gasteiger charge is 2.27. The number of likely N-dealkylation sites (N-methyl/N-ethyl adjacent to an activating group) is 1. The molecule has 0 saturated heterocycles. The average Bonchev–Trinajstić information content (AvgIpc) is 3.38. The molecule has 1 amide bonds. The van der Waals surface area contributed by atoms with E-state index in [1.807, 2.05) is 35.7 Å². The molecule has 4 aromatic rings. The van der Waals surface area contributed by atoms with Crippen LogP contribution in [0.15, 0.2) is 36.5 Å². The molecule has 0 N–H and O–H groups in total. The van der Waals surface area contributed by atoms with E-state index in [-0.39, 0.29) is 5.91 Å². The minimum absolute atomic E-state index is 0.137. The lowest BCUT2D eigenvalue weighted by Gasteiger charge is -2.24. The minimum Gasteiger partial charge on any atom is -0.494 e. The Labute approximate surface area is 196 Å². The second-order valence-corrected chi connectivity index (χ2v) is 8.77. The molecular formula is C23H26ClN5O2S. The third-order valence-electron chi connectivity index (χ3n) is 5.58. The van der Waals surface area contributed by atoms with Crippen LogP contribution in [0, 0.1) is 6.92 Å². The molecule has 0 aliphatic carbocycles. The first-order valence-electron chi connectivity index (χ1n) is 10.6. The highest BCUT2D eigenvalue weighted by molar-refractivity contribution is 7.23. The van der Waals surface area contributed by atoms with Gasteiger partial charge in [0.15, 0.2) is 5.13 Å². The number of hydrogen-bond donors (Lipinski definition) is 0. The Morgan fingerprint density at radius 3 is 2.66 bits per heavy atom. The monoisotopic (exact) mass is 471 g/mol. The summed E-state index contributed by atoms with van der Waals surface area (Å²) in [6.45, 7) is 9.15. The number of nitrogens with zero attached hydrogens (tertiary/aromatic N) is 5. The standard InChI is InChI=1S/C23H26ClN5O2S/c1-5-27(6-2)13-14-29(22(30)20-15(3)25-18-9-7-8-12-28(18)20)23-26-19-17(31-4)11-10-16(24)21(19)32-23/h7-12H,5-6,13-14H2,1-4H3. The molecule has 0 aliphatic rings. The van der Waals surface area contributed by atoms with Crippen molar-refractivity contribution >= 4 is 49.8 Å². The van der Waals surface area contributed by atoms with Crippen LogP contribution in [0.1, 0.15) is 30.0 Å². The Morgan fingerprint density at radius 1 is 1.16 bits per heavy atom. The van der Waals surface area contributed by atoms with Gasteiger partial charge in [-0.05, 0) is 44.3 Å². The van der Waals surface area contributed by atoms with Crippen LogP contribution in [0.5, 0.6) is 5.75 Å². The summed E-state index contributed by atoms with van der Waals surface area (Å²) in [7, 11) is 1.60. The highest BCUT2D eigenvalue weighted by Crippen LogP contribution is 2.39. The molecule has 0 radical (unpaired) electrons. The molecule has 0 unspecified atom stereocenters. The minimum atomic E-state index is -0.137. The zero-order valence-corrected chi connectivity index (χ0v) is 20.2. The number of benzene rings is 1. The predicted octanol–water partition coefficient (Wildman–Crippen LogP) is 4.90. The van der Waals surface area contributed by atoms with Gasteiger partial charge in [0, 0.05) is 19.3 Å². The SMILES string of the molecule is CCN(CC)CCN(C(=O)c1c(C)nc2ccccn12)c1nc2c(OC)ccc(Cl)c2s1. The number of carbonyl (C=O) groups excluding carboxylic acids is 1. The molecule has 168 valence electrons. The lowest BCUT2D eigenvalue weighted by Crippen LogP contribution is -2.39. The molecule has 32 heavy (non-hydrogen) atoms. The Balaban J connectivity index is 1.82. The largest absolute Gasteiger partial charge is 0.494 e. The predicted molar refractivity (Wildman–Crippen MR) is 131 cm³/mol. The fourth-order valence-corrected chi connectivity index (χ4v) is 5.07. The summed E-state index contributed by atoms with van der Waals surface area (Å²) in [5.74, 6) is 0.497. The molecule has 0 saturated carbocycles. The number of ether oxygens (including phenoxy) is 1. The van der Waals surface area contributed by atoms with Crippen molar-refractivity contribution in [3.05, 3.63) is 52.9 Å². The summed E-state index contributed by atoms with van der Waals surface area (Å²) in [5, 5.41) is 1.18. The number of aryl methyl sites for hydroxylation is 1. The molecular weight excluding hydrogens is 446 g/mol. The van der Waals surface area contributed by atoms with Gasteiger partial charge in [-0.2, -0.15) is 0 Å². The first-order valence-corrected chi connectivity index (χ1v) is 11.8. The molecule has 0 fully saturated rings. The summed E-state index contributed by atoms with van der Waals surface area (Å²) in [6, 6.07) is 9.29. The number of aromatic nitrogens is 3. The molecule has 9 heteroatoms. The zero-order valence-electron chi connectivity index (χ0n) is 18.6. The molecule has 7 nitrogen and oxygen atoms in total. The van der Waals surface area contributed by atoms with Gasteiger partial charge in [0.25, 0.3) is 5.91 Å². The van der Waals surface area contributed by atoms with Gasteiger partial charge in [-0.1, -0.05) is 42.9 Å². The van der Waals surface area contributed by atoms with Gasteiger partial charge in [-0.15, -0.1) is 0 Å². The second-order valence-electron chi connectivity index (χ2n) is 7.38. The van der Waals surface area contributed by atoms with Crippen LogP contribution in [0.3, 0.4) is 0 Å². The molecule has 0 bridgehead atoms. The number of thiazole rings is 1. The van der Waals surface area contributed by atoms with Crippen LogP contribution in [0.25, 0.3) is 15.9 Å². The van der Waals surface area contributed by atoms with Crippen molar-refractivity contribution < 1.29 is 9.53 Å². The van der Waals surface area contributed by atoms with E-state index in [1.165, 1.54) is 11.3 Å². The Bertz CT molecular complexity index is 1260. The highest BCUT2D eigenvalue weighted by atomic mass is 35.5. The summed E-state index contributed by atoms with van der Waals surface area (Å²) in [6.07, 6.45) is 1.86. The van der Waals surface area contributed by atoms with Crippen molar-refractivity contribution in [3.63, 3.8) is 0 Å². The maximum atomic E-state index is 13.9. The normalized spacial score (nSPS) is 11.6. The Morgan fingerprint density at radius 2 is 1.94 bits per heavy atom. The molecule has 3 heterocycles. The van der Waals surface area contributed by atoms with Crippen LogP contribution in [-0.2, 0) is 0 Å². The van der Waals surface area contributed by atoms with E-state index >= 15 is 0 Å². The smallest absolute Gasteiger partial charge is 0.279 e. The van der Waals surface area contributed by atoms with Gasteiger partial charge in [0.05, 0.1) is 22.5 Å². The Kier molecular flexibility index (Phi) is 6.64. The van der Waals surface area contributed by atoms with Crippen molar-refractivity contribution in [2.24, 2.45) is 0 Å². The molecule has 4 rings (SSSR count). The topological polar surface area (TPSA) is 63.0 Å². The fourth-order valence-electron chi connectivity index (χ4n) is 3.79. The number of anilines is 1. The summed E-state index contributed by atoms with van der Waals surface area (Å²) in [4.78, 5) is 27.3. The molecule has 0 atom stereocenters. The van der Waals surface area contributed by atoms with Crippen molar-refractivity contribution in [2.45, 2.75) is 20.8 Å². The number of rotatable bonds is 8. The summed E-state index contributed by atoms with van der Waals surface area (Å²) in [5.41, 5.74) is 2.63. The number of halogens is 1. The maximum absolute atomic E-state index is 13.9. The van der Waals surface area contributed by atoms with Crippen LogP contribution in [-0.4, -0.2) is 58.5 Å². The first kappa shape index (κ1) is 22.5. The van der Waals surface area contributed by atoms with Gasteiger partial charge in [0.1, 0.15) is 22.6 Å². The quantitative estimate of drug-likeness (QED) is 0.365. The molecule has 0 aliphatic heterocycles. The van der Waals surface area contributed by atoms with E-state index in [9.17, 15) is 4.79 Å². The van der Waals surface area contributed by atoms with E-state index in [4.69, 9.17) is 21.3 Å². The van der Waals surface area contributed by atoms with E-state index in [0.717, 1.165) is 30.0 Å². The molecule has 0 spiro atoms. The fraction of sp³-hybridized carbons (Fsp3) is 0.348. The van der Waals surface area contributed by atoms with Crippen LogP contribution in [0.4, 0.5) is 5.13 Å². The van der Waals surface area contributed by atoms with Crippen LogP contribution in [0.2, 0.25) is 5.02 Å². The summed E-state index contributed by atoms with van der Waals surface area (Å²) >= 11 is 7.85. The van der Waals surface area contributed by atoms with Gasteiger partial charge < -0.3 is 9.64 Å². The average molecular weight is 472 g/mol. The second kappa shape index (κ2) is 9.44. The third kappa shape index (κ3) is 4.05.